The highest BCUT2D eigenvalue weighted by atomic mass is 127. The number of nitrogens with two attached hydrogens (primary N) is 2. The Labute approximate surface area is 179 Å². The lowest BCUT2D eigenvalue weighted by atomic mass is 10.1. The van der Waals surface area contributed by atoms with Crippen LogP contribution in [0.25, 0.3) is 0 Å². The Morgan fingerprint density at radius 3 is 2.54 bits per heavy atom. The molecule has 1 aromatic rings. The second kappa shape index (κ2) is 9.89. The molecule has 0 amide bonds. The van der Waals surface area contributed by atoms with Gasteiger partial charge in [0.1, 0.15) is 17.4 Å². The van der Waals surface area contributed by atoms with Crippen LogP contribution in [0, 0.1) is 5.92 Å². The summed E-state index contributed by atoms with van der Waals surface area (Å²) in [5.74, 6) is 7.74. The molecular formula is C16H28IN7O3S. The van der Waals surface area contributed by atoms with Gasteiger partial charge in [-0.25, -0.2) is 8.42 Å². The van der Waals surface area contributed by atoms with E-state index in [4.69, 9.17) is 16.5 Å². The summed E-state index contributed by atoms with van der Waals surface area (Å²) in [6, 6.07) is 1.68. The zero-order chi connectivity index (χ0) is 20.9. The highest BCUT2D eigenvalue weighted by Crippen LogP contribution is 2.20. The second-order valence-electron chi connectivity index (χ2n) is 6.92. The smallest absolute Gasteiger partial charge is 0.226 e. The summed E-state index contributed by atoms with van der Waals surface area (Å²) in [4.78, 5) is 15.6. The first-order chi connectivity index (χ1) is 13.1. The van der Waals surface area contributed by atoms with Gasteiger partial charge in [0.2, 0.25) is 16.0 Å². The third-order valence-corrected chi connectivity index (χ3v) is 7.42. The topological polar surface area (TPSA) is 140 Å². The summed E-state index contributed by atoms with van der Waals surface area (Å²) in [6.45, 7) is 6.44. The Balaban J connectivity index is 2.05. The predicted octanol–water partition coefficient (Wildman–Crippen LogP) is 0.786. The fourth-order valence-corrected chi connectivity index (χ4v) is 3.85. The third-order valence-electron chi connectivity index (χ3n) is 4.32. The molecule has 1 aliphatic heterocycles. The Morgan fingerprint density at radius 2 is 2.00 bits per heavy atom. The molecule has 10 nitrogen and oxygen atoms in total. The number of hydrogen-bond acceptors (Lipinski definition) is 9. The number of rotatable bonds is 8. The van der Waals surface area contributed by atoms with Crippen LogP contribution in [0.1, 0.15) is 13.8 Å². The van der Waals surface area contributed by atoms with Gasteiger partial charge in [-0.15, -0.1) is 0 Å². The molecule has 12 heteroatoms. The Bertz CT molecular complexity index is 795. The van der Waals surface area contributed by atoms with Gasteiger partial charge in [0, 0.05) is 36.2 Å². The number of piperazine rings is 1. The molecule has 2 rings (SSSR count). The molecule has 0 spiro atoms. The second-order valence-corrected chi connectivity index (χ2v) is 10.3. The average molecular weight is 525 g/mol. The molecule has 0 aromatic carbocycles. The maximum Gasteiger partial charge on any atom is 0.226 e. The van der Waals surface area contributed by atoms with Crippen molar-refractivity contribution in [2.75, 3.05) is 54.9 Å². The van der Waals surface area contributed by atoms with E-state index in [9.17, 15) is 8.42 Å². The van der Waals surface area contributed by atoms with Gasteiger partial charge in [-0.2, -0.15) is 20.2 Å². The quantitative estimate of drug-likeness (QED) is 0.195. The number of nitrogens with one attached hydrogen (secondary N) is 1. The zero-order valence-electron chi connectivity index (χ0n) is 16.3. The number of allylic oxidation sites excluding steroid dienone is 1. The van der Waals surface area contributed by atoms with E-state index in [0.717, 1.165) is 0 Å². The number of alkyl halides is 1. The predicted molar refractivity (Wildman–Crippen MR) is 120 cm³/mol. The van der Waals surface area contributed by atoms with E-state index in [1.807, 2.05) is 11.0 Å². The van der Waals surface area contributed by atoms with Gasteiger partial charge in [0.25, 0.3) is 0 Å². The molecule has 0 bridgehead atoms. The van der Waals surface area contributed by atoms with Crippen LogP contribution < -0.4 is 21.8 Å². The van der Waals surface area contributed by atoms with Crippen molar-refractivity contribution >= 4 is 50.2 Å². The van der Waals surface area contributed by atoms with Crippen LogP contribution in [0.4, 0.5) is 17.6 Å². The lowest BCUT2D eigenvalue weighted by Gasteiger charge is -2.34. The van der Waals surface area contributed by atoms with Crippen molar-refractivity contribution in [2.24, 2.45) is 11.8 Å². The summed E-state index contributed by atoms with van der Waals surface area (Å²) in [5, 5.41) is 3.08. The maximum atomic E-state index is 11.7. The van der Waals surface area contributed by atoms with Gasteiger partial charge in [-0.3, -0.25) is 0 Å². The van der Waals surface area contributed by atoms with E-state index in [-0.39, 0.29) is 3.92 Å². The lowest BCUT2D eigenvalue weighted by molar-refractivity contribution is 0.218. The van der Waals surface area contributed by atoms with Crippen LogP contribution >= 0.6 is 22.6 Å². The Hall–Kier alpha value is -1.38. The Morgan fingerprint density at radius 1 is 1.36 bits per heavy atom. The molecule has 0 aliphatic carbocycles. The van der Waals surface area contributed by atoms with Crippen molar-refractivity contribution in [3.05, 3.63) is 17.9 Å². The molecule has 1 aromatic heterocycles. The van der Waals surface area contributed by atoms with Crippen molar-refractivity contribution in [3.63, 3.8) is 0 Å². The van der Waals surface area contributed by atoms with Crippen LogP contribution in [0.15, 0.2) is 17.9 Å². The van der Waals surface area contributed by atoms with Crippen LogP contribution in [0.5, 0.6) is 0 Å². The summed E-state index contributed by atoms with van der Waals surface area (Å²) >= 11 is 2.33. The van der Waals surface area contributed by atoms with E-state index in [0.29, 0.717) is 62.0 Å². The minimum Gasteiger partial charge on any atom is -0.414 e. The molecule has 1 atom stereocenters. The summed E-state index contributed by atoms with van der Waals surface area (Å²) in [7, 11) is -3.18. The zero-order valence-corrected chi connectivity index (χ0v) is 19.3. The highest BCUT2D eigenvalue weighted by molar-refractivity contribution is 14.1. The van der Waals surface area contributed by atoms with Crippen molar-refractivity contribution < 1.29 is 13.3 Å². The molecule has 0 saturated carbocycles. The Kier molecular flexibility index (Phi) is 8.09. The van der Waals surface area contributed by atoms with Crippen molar-refractivity contribution in [1.82, 2.24) is 14.3 Å². The molecule has 2 heterocycles. The first-order valence-corrected chi connectivity index (χ1v) is 12.0. The van der Waals surface area contributed by atoms with Crippen LogP contribution in [0.2, 0.25) is 0 Å². The number of sulfonamides is 1. The van der Waals surface area contributed by atoms with Crippen molar-refractivity contribution in [2.45, 2.75) is 17.8 Å². The first-order valence-electron chi connectivity index (χ1n) is 8.90. The normalized spacial score (nSPS) is 17.6. The number of halogens is 1. The molecular weight excluding hydrogens is 497 g/mol. The number of hydrogen-bond donors (Lipinski definition) is 3. The summed E-state index contributed by atoms with van der Waals surface area (Å²) in [6.07, 6.45) is 3.17. The summed E-state index contributed by atoms with van der Waals surface area (Å²) in [5.41, 5.74) is 5.93. The molecule has 5 N–H and O–H groups in total. The number of anilines is 3. The van der Waals surface area contributed by atoms with E-state index in [2.05, 4.69) is 51.7 Å². The first kappa shape index (κ1) is 22.9. The largest absolute Gasteiger partial charge is 0.414 e. The van der Waals surface area contributed by atoms with Crippen LogP contribution in [-0.2, 0) is 14.9 Å². The van der Waals surface area contributed by atoms with Gasteiger partial charge < -0.3 is 20.8 Å². The number of aromatic nitrogens is 2. The standard InChI is InChI=1S/C16H28IN7O3S/c1-11(2)13(17)8-12(27-19)10-20-16-21-14(18)9-15(22-16)23-4-6-24(7-5-23)28(3,25)26/h8-9,11,13H,4-7,10,19H2,1-3H3,(H3,18,20,21,22)/b12-8-. The average Bonchev–Trinajstić information content (AvgIpc) is 2.63. The lowest BCUT2D eigenvalue weighted by Crippen LogP contribution is -2.48. The van der Waals surface area contributed by atoms with Gasteiger partial charge in [-0.05, 0) is 12.0 Å². The van der Waals surface area contributed by atoms with E-state index in [1.165, 1.54) is 10.6 Å². The van der Waals surface area contributed by atoms with Gasteiger partial charge in [0.15, 0.2) is 0 Å². The fourth-order valence-electron chi connectivity index (χ4n) is 2.62. The van der Waals surface area contributed by atoms with Crippen LogP contribution in [0.3, 0.4) is 0 Å². The van der Waals surface area contributed by atoms with E-state index >= 15 is 0 Å². The van der Waals surface area contributed by atoms with E-state index < -0.39 is 10.0 Å². The molecule has 1 fully saturated rings. The molecule has 158 valence electrons. The van der Waals surface area contributed by atoms with Gasteiger partial charge >= 0.3 is 0 Å². The fraction of sp³-hybridized carbons (Fsp3) is 0.625. The van der Waals surface area contributed by atoms with Gasteiger partial charge in [-0.1, -0.05) is 36.4 Å². The molecule has 28 heavy (non-hydrogen) atoms. The van der Waals surface area contributed by atoms with Crippen molar-refractivity contribution in [1.29, 1.82) is 0 Å². The monoisotopic (exact) mass is 525 g/mol. The number of nitrogens with zero attached hydrogens (tertiary/aromatic N) is 4. The number of nitrogen functional groups attached to an aromatic ring is 1. The molecule has 1 saturated heterocycles. The van der Waals surface area contributed by atoms with Gasteiger partial charge in [0.05, 0.1) is 12.8 Å². The molecule has 0 radical (unpaired) electrons. The highest BCUT2D eigenvalue weighted by Gasteiger charge is 2.24. The molecule has 1 aliphatic rings. The minimum absolute atomic E-state index is 0.279. The summed E-state index contributed by atoms with van der Waals surface area (Å²) < 4.78 is 25.1. The molecule has 1 unspecified atom stereocenters. The SMILES string of the molecule is CC(C)C(I)/C=C(/CNc1nc(N)cc(N2CCN(S(C)(=O)=O)CC2)n1)ON. The van der Waals surface area contributed by atoms with Crippen molar-refractivity contribution in [3.8, 4) is 0 Å². The van der Waals surface area contributed by atoms with E-state index in [1.54, 1.807) is 6.07 Å². The van der Waals surface area contributed by atoms with Crippen LogP contribution in [-0.4, -0.2) is 65.6 Å². The maximum absolute atomic E-state index is 11.7. The minimum atomic E-state index is -3.18. The third kappa shape index (κ3) is 6.60.